The van der Waals surface area contributed by atoms with Gasteiger partial charge in [0.25, 0.3) is 0 Å². The quantitative estimate of drug-likeness (QED) is 0.239. The highest BCUT2D eigenvalue weighted by Gasteiger charge is 2.42. The van der Waals surface area contributed by atoms with Gasteiger partial charge in [0.1, 0.15) is 17.6 Å². The van der Waals surface area contributed by atoms with Gasteiger partial charge < -0.3 is 25.1 Å². The van der Waals surface area contributed by atoms with Crippen molar-refractivity contribution in [2.24, 2.45) is 0 Å². The van der Waals surface area contributed by atoms with Crippen LogP contribution in [0.3, 0.4) is 0 Å². The van der Waals surface area contributed by atoms with Crippen LogP contribution >= 0.6 is 12.2 Å². The van der Waals surface area contributed by atoms with Crippen LogP contribution in [0.15, 0.2) is 77.3 Å². The molecule has 4 aromatic rings. The van der Waals surface area contributed by atoms with Crippen LogP contribution in [0.5, 0.6) is 0 Å². The summed E-state index contributed by atoms with van der Waals surface area (Å²) in [7, 11) is 0. The fourth-order valence-electron chi connectivity index (χ4n) is 4.83. The van der Waals surface area contributed by atoms with E-state index in [1.807, 2.05) is 74.2 Å². The lowest BCUT2D eigenvalue weighted by Crippen LogP contribution is -2.29. The minimum Gasteiger partial charge on any atom is -0.478 e. The van der Waals surface area contributed by atoms with Gasteiger partial charge >= 0.3 is 5.97 Å². The molecule has 0 aliphatic carbocycles. The fraction of sp³-hybridized carbons (Fsp3) is 0.200. The highest BCUT2D eigenvalue weighted by Crippen LogP contribution is 2.43. The maximum Gasteiger partial charge on any atom is 0.335 e. The van der Waals surface area contributed by atoms with Gasteiger partial charge in [-0.2, -0.15) is 0 Å². The summed E-state index contributed by atoms with van der Waals surface area (Å²) >= 11 is 5.82. The van der Waals surface area contributed by atoms with E-state index >= 15 is 0 Å². The van der Waals surface area contributed by atoms with Crippen molar-refractivity contribution in [1.82, 2.24) is 10.3 Å². The maximum absolute atomic E-state index is 12.0. The van der Waals surface area contributed by atoms with E-state index in [4.69, 9.17) is 16.6 Å². The highest BCUT2D eigenvalue weighted by molar-refractivity contribution is 7.80. The molecule has 8 nitrogen and oxygen atoms in total. The van der Waals surface area contributed by atoms with Gasteiger partial charge in [0, 0.05) is 29.6 Å². The summed E-state index contributed by atoms with van der Waals surface area (Å²) in [6.07, 6.45) is 2.14. The van der Waals surface area contributed by atoms with E-state index in [-0.39, 0.29) is 23.6 Å². The van der Waals surface area contributed by atoms with Gasteiger partial charge in [-0.25, -0.2) is 4.79 Å². The van der Waals surface area contributed by atoms with Crippen molar-refractivity contribution < 1.29 is 19.1 Å². The van der Waals surface area contributed by atoms with E-state index in [0.29, 0.717) is 23.1 Å². The van der Waals surface area contributed by atoms with Gasteiger partial charge in [-0.15, -0.1) is 0 Å². The smallest absolute Gasteiger partial charge is 0.335 e. The molecule has 2 unspecified atom stereocenters. The molecule has 1 aliphatic rings. The number of carboxylic acids is 1. The highest BCUT2D eigenvalue weighted by atomic mass is 32.1. The maximum atomic E-state index is 12.0. The van der Waals surface area contributed by atoms with Crippen LogP contribution in [0.4, 0.5) is 11.4 Å². The lowest BCUT2D eigenvalue weighted by atomic mass is 10.0. The number of thiocarbonyl (C=S) groups is 1. The molecule has 0 spiro atoms. The number of aromatic carboxylic acids is 1. The predicted molar refractivity (Wildman–Crippen MR) is 154 cm³/mol. The minimum atomic E-state index is -0.972. The third-order valence-electron chi connectivity index (χ3n) is 6.84. The Labute approximate surface area is 231 Å². The summed E-state index contributed by atoms with van der Waals surface area (Å²) in [6, 6.07) is 19.7. The number of carboxylic acid groups (broad SMARTS) is 1. The van der Waals surface area contributed by atoms with Crippen molar-refractivity contribution in [3.8, 4) is 11.3 Å². The summed E-state index contributed by atoms with van der Waals surface area (Å²) in [5.74, 6) is 0.286. The number of anilines is 2. The van der Waals surface area contributed by atoms with Crippen LogP contribution in [0.2, 0.25) is 0 Å². The van der Waals surface area contributed by atoms with E-state index in [9.17, 15) is 14.7 Å². The molecule has 198 valence electrons. The first kappa shape index (κ1) is 26.1. The Bertz CT molecular complexity index is 1570. The Morgan fingerprint density at radius 2 is 1.90 bits per heavy atom. The number of hydrogen-bond acceptors (Lipinski definition) is 5. The third-order valence-corrected chi connectivity index (χ3v) is 7.15. The van der Waals surface area contributed by atoms with Crippen molar-refractivity contribution in [2.75, 3.05) is 10.2 Å². The number of nitrogens with zero attached hydrogens (tertiary/aromatic N) is 2. The van der Waals surface area contributed by atoms with E-state index < -0.39 is 5.97 Å². The second-order valence-electron chi connectivity index (χ2n) is 9.43. The average molecular weight is 541 g/mol. The molecule has 1 saturated heterocycles. The van der Waals surface area contributed by atoms with Crippen LogP contribution in [0, 0.1) is 13.8 Å². The van der Waals surface area contributed by atoms with Crippen LogP contribution < -0.4 is 15.5 Å². The molecule has 0 radical (unpaired) electrons. The first-order chi connectivity index (χ1) is 18.8. The molecule has 1 amide bonds. The van der Waals surface area contributed by atoms with E-state index in [2.05, 4.69) is 15.6 Å². The third kappa shape index (κ3) is 5.13. The average Bonchev–Trinajstić information content (AvgIpc) is 3.54. The number of pyridine rings is 1. The molecule has 5 rings (SSSR count). The number of benzene rings is 2. The summed E-state index contributed by atoms with van der Waals surface area (Å²) in [6.45, 7) is 5.62. The summed E-state index contributed by atoms with van der Waals surface area (Å²) in [5, 5.41) is 16.2. The molecule has 0 bridgehead atoms. The van der Waals surface area contributed by atoms with Crippen molar-refractivity contribution in [2.45, 2.75) is 39.3 Å². The molecule has 2 atom stereocenters. The van der Waals surface area contributed by atoms with Crippen molar-refractivity contribution in [1.29, 1.82) is 0 Å². The molecular formula is C30H28N4O4S. The monoisotopic (exact) mass is 540 g/mol. The largest absolute Gasteiger partial charge is 0.478 e. The van der Waals surface area contributed by atoms with Crippen molar-refractivity contribution in [3.05, 3.63) is 101 Å². The number of carbonyl (C=O) groups is 2. The fourth-order valence-corrected chi connectivity index (χ4v) is 5.17. The molecule has 1 aliphatic heterocycles. The van der Waals surface area contributed by atoms with Gasteiger partial charge in [0.05, 0.1) is 17.3 Å². The molecule has 2 aromatic heterocycles. The molecule has 9 heteroatoms. The zero-order valence-electron chi connectivity index (χ0n) is 21.8. The molecule has 39 heavy (non-hydrogen) atoms. The van der Waals surface area contributed by atoms with Crippen LogP contribution in [0.1, 0.15) is 58.4 Å². The van der Waals surface area contributed by atoms with E-state index in [1.54, 1.807) is 24.4 Å². The molecule has 3 heterocycles. The number of rotatable bonds is 7. The van der Waals surface area contributed by atoms with Gasteiger partial charge in [-0.1, -0.05) is 19.1 Å². The topological polar surface area (TPSA) is 108 Å². The minimum absolute atomic E-state index is 0.0490. The zero-order valence-corrected chi connectivity index (χ0v) is 22.6. The Morgan fingerprint density at radius 3 is 2.56 bits per heavy atom. The Balaban J connectivity index is 1.56. The van der Waals surface area contributed by atoms with E-state index in [1.165, 1.54) is 0 Å². The first-order valence-corrected chi connectivity index (χ1v) is 13.0. The van der Waals surface area contributed by atoms with Crippen molar-refractivity contribution >= 4 is 40.6 Å². The number of aromatic nitrogens is 1. The number of hydrogen-bond donors (Lipinski definition) is 3. The number of furan rings is 1. The second kappa shape index (κ2) is 10.7. The lowest BCUT2D eigenvalue weighted by Gasteiger charge is -2.27. The number of amides is 1. The Hall–Kier alpha value is -4.50. The predicted octanol–water partition coefficient (Wildman–Crippen LogP) is 6.18. The van der Waals surface area contributed by atoms with Gasteiger partial charge in [0.2, 0.25) is 5.91 Å². The standard InChI is InChI=1S/C30H28N4O4S/c1-4-26(35)32-22-11-9-20(16-18(22)3)34-28(27(33-30(34)39)23-7-5-6-14-31-23)25-13-12-24(38-25)21-10-8-19(29(36)37)15-17(21)2/h5-16,27-28H,4H2,1-3H3,(H,32,35)(H,33,39)(H,36,37). The summed E-state index contributed by atoms with van der Waals surface area (Å²) in [5.41, 5.74) is 5.16. The SMILES string of the molecule is CCC(=O)Nc1ccc(N2C(=S)NC(c3ccccn3)C2c2ccc(-c3ccc(C(=O)O)cc3C)o2)cc1C. The van der Waals surface area contributed by atoms with Gasteiger partial charge in [-0.3, -0.25) is 9.78 Å². The second-order valence-corrected chi connectivity index (χ2v) is 9.82. The van der Waals surface area contributed by atoms with Crippen LogP contribution in [0.25, 0.3) is 11.3 Å². The molecular weight excluding hydrogens is 512 g/mol. The summed E-state index contributed by atoms with van der Waals surface area (Å²) < 4.78 is 6.43. The normalized spacial score (nSPS) is 16.7. The number of carbonyl (C=O) groups excluding carboxylic acids is 1. The Morgan fingerprint density at radius 1 is 1.08 bits per heavy atom. The first-order valence-electron chi connectivity index (χ1n) is 12.6. The van der Waals surface area contributed by atoms with Gasteiger partial charge in [0.15, 0.2) is 5.11 Å². The summed E-state index contributed by atoms with van der Waals surface area (Å²) in [4.78, 5) is 29.9. The Kier molecular flexibility index (Phi) is 7.17. The van der Waals surface area contributed by atoms with E-state index in [0.717, 1.165) is 33.8 Å². The molecule has 1 fully saturated rings. The number of nitrogens with one attached hydrogen (secondary N) is 2. The van der Waals surface area contributed by atoms with Crippen LogP contribution in [-0.2, 0) is 4.79 Å². The molecule has 2 aromatic carbocycles. The molecule has 3 N–H and O–H groups in total. The van der Waals surface area contributed by atoms with Crippen molar-refractivity contribution in [3.63, 3.8) is 0 Å². The molecule has 0 saturated carbocycles. The number of aryl methyl sites for hydroxylation is 2. The van der Waals surface area contributed by atoms with Crippen LogP contribution in [-0.4, -0.2) is 27.1 Å². The van der Waals surface area contributed by atoms with Gasteiger partial charge in [-0.05, 0) is 91.8 Å². The lowest BCUT2D eigenvalue weighted by molar-refractivity contribution is -0.115. The zero-order chi connectivity index (χ0) is 27.7.